The largest absolute Gasteiger partial charge is 0.412 e. The molecule has 0 fully saturated rings. The quantitative estimate of drug-likeness (QED) is 0.464. The summed E-state index contributed by atoms with van der Waals surface area (Å²) >= 11 is 0. The van der Waals surface area contributed by atoms with Crippen molar-refractivity contribution < 1.29 is 0 Å². The van der Waals surface area contributed by atoms with Crippen molar-refractivity contribution in [3.63, 3.8) is 0 Å². The Labute approximate surface area is 134 Å². The van der Waals surface area contributed by atoms with E-state index in [-0.39, 0.29) is 0 Å². The van der Waals surface area contributed by atoms with Gasteiger partial charge in [-0.05, 0) is 37.6 Å². The fraction of sp³-hybridized carbons (Fsp3) is 0.789. The highest BCUT2D eigenvalue weighted by atomic mass is 15.1. The molecular weight excluding hydrogens is 253 g/mol. The van der Waals surface area contributed by atoms with Crippen LogP contribution in [0.2, 0.25) is 5.82 Å². The second-order valence-electron chi connectivity index (χ2n) is 6.97. The van der Waals surface area contributed by atoms with Gasteiger partial charge in [0.15, 0.2) is 0 Å². The van der Waals surface area contributed by atoms with Crippen molar-refractivity contribution in [1.82, 2.24) is 4.81 Å². The van der Waals surface area contributed by atoms with E-state index < -0.39 is 0 Å². The molecule has 0 aromatic heterocycles. The van der Waals surface area contributed by atoms with E-state index in [1.165, 1.54) is 38.5 Å². The summed E-state index contributed by atoms with van der Waals surface area (Å²) in [5.41, 5.74) is 1.58. The van der Waals surface area contributed by atoms with Gasteiger partial charge < -0.3 is 4.81 Å². The summed E-state index contributed by atoms with van der Waals surface area (Å²) in [5.74, 6) is 3.85. The minimum atomic E-state index is 0.589. The fourth-order valence-corrected chi connectivity index (χ4v) is 3.81. The molecule has 0 saturated carbocycles. The lowest BCUT2D eigenvalue weighted by atomic mass is 9.47. The van der Waals surface area contributed by atoms with Crippen LogP contribution in [0.15, 0.2) is 23.8 Å². The SMILES string of the molecule is CCCC(C)B1C=CC=C(C(C)CCC)N1C(C)CCC. The Morgan fingerprint density at radius 2 is 1.57 bits per heavy atom. The van der Waals surface area contributed by atoms with Gasteiger partial charge in [0.05, 0.1) is 0 Å². The molecule has 0 aliphatic carbocycles. The first-order valence-corrected chi connectivity index (χ1v) is 9.23. The zero-order valence-electron chi connectivity index (χ0n) is 15.2. The Balaban J connectivity index is 2.99. The minimum Gasteiger partial charge on any atom is -0.412 e. The molecule has 3 unspecified atom stereocenters. The molecule has 0 aromatic rings. The van der Waals surface area contributed by atoms with E-state index in [4.69, 9.17) is 0 Å². The maximum Gasteiger partial charge on any atom is 0.284 e. The van der Waals surface area contributed by atoms with Crippen molar-refractivity contribution in [2.24, 2.45) is 5.92 Å². The number of hydrogen-bond acceptors (Lipinski definition) is 1. The number of allylic oxidation sites excluding steroid dienone is 3. The summed E-state index contributed by atoms with van der Waals surface area (Å²) in [6.07, 6.45) is 12.4. The van der Waals surface area contributed by atoms with Crippen LogP contribution in [0.3, 0.4) is 0 Å². The van der Waals surface area contributed by atoms with Gasteiger partial charge >= 0.3 is 0 Å². The lowest BCUT2D eigenvalue weighted by Gasteiger charge is -2.43. The van der Waals surface area contributed by atoms with E-state index in [0.717, 1.165) is 5.82 Å². The van der Waals surface area contributed by atoms with E-state index in [1.54, 1.807) is 5.70 Å². The Morgan fingerprint density at radius 1 is 0.952 bits per heavy atom. The van der Waals surface area contributed by atoms with Crippen molar-refractivity contribution in [2.75, 3.05) is 0 Å². The molecule has 120 valence electrons. The zero-order valence-corrected chi connectivity index (χ0v) is 15.2. The third-order valence-corrected chi connectivity index (χ3v) is 4.93. The average Bonchev–Trinajstić information content (AvgIpc) is 2.47. The molecule has 0 N–H and O–H groups in total. The molecule has 0 saturated heterocycles. The maximum atomic E-state index is 2.75. The molecule has 1 aliphatic heterocycles. The Bertz CT molecular complexity index is 347. The van der Waals surface area contributed by atoms with Crippen LogP contribution < -0.4 is 0 Å². The van der Waals surface area contributed by atoms with Gasteiger partial charge in [0.25, 0.3) is 6.85 Å². The van der Waals surface area contributed by atoms with Crippen LogP contribution in [0.5, 0.6) is 0 Å². The van der Waals surface area contributed by atoms with Crippen molar-refractivity contribution in [1.29, 1.82) is 0 Å². The second-order valence-corrected chi connectivity index (χ2v) is 6.97. The third-order valence-electron chi connectivity index (χ3n) is 4.93. The van der Waals surface area contributed by atoms with Gasteiger partial charge in [-0.3, -0.25) is 0 Å². The van der Waals surface area contributed by atoms with E-state index in [1.807, 2.05) is 0 Å². The first-order valence-electron chi connectivity index (χ1n) is 9.23. The van der Waals surface area contributed by atoms with Crippen LogP contribution in [0.1, 0.15) is 80.1 Å². The lowest BCUT2D eigenvalue weighted by molar-refractivity contribution is 0.337. The van der Waals surface area contributed by atoms with Crippen molar-refractivity contribution >= 4 is 6.85 Å². The normalized spacial score (nSPS) is 19.4. The van der Waals surface area contributed by atoms with E-state index in [9.17, 15) is 0 Å². The Kier molecular flexibility index (Phi) is 8.22. The molecule has 21 heavy (non-hydrogen) atoms. The van der Waals surface area contributed by atoms with Crippen LogP contribution in [0.25, 0.3) is 0 Å². The average molecular weight is 289 g/mol. The highest BCUT2D eigenvalue weighted by Gasteiger charge is 2.33. The summed E-state index contributed by atoms with van der Waals surface area (Å²) in [4.78, 5) is 2.75. The zero-order chi connectivity index (χ0) is 15.8. The highest BCUT2D eigenvalue weighted by Crippen LogP contribution is 2.33. The first-order chi connectivity index (χ1) is 10.1. The van der Waals surface area contributed by atoms with Gasteiger partial charge in [-0.15, -0.1) is 0 Å². The van der Waals surface area contributed by atoms with Crippen LogP contribution in [-0.2, 0) is 0 Å². The van der Waals surface area contributed by atoms with Gasteiger partial charge in [0.1, 0.15) is 0 Å². The second kappa shape index (κ2) is 9.38. The van der Waals surface area contributed by atoms with Crippen molar-refractivity contribution in [3.05, 3.63) is 23.8 Å². The predicted molar refractivity (Wildman–Crippen MR) is 97.6 cm³/mol. The van der Waals surface area contributed by atoms with Gasteiger partial charge in [0.2, 0.25) is 0 Å². The molecule has 1 aliphatic rings. The summed E-state index contributed by atoms with van der Waals surface area (Å²) in [6, 6.07) is 0.648. The van der Waals surface area contributed by atoms with Gasteiger partial charge in [-0.25, -0.2) is 0 Å². The van der Waals surface area contributed by atoms with E-state index in [2.05, 4.69) is 64.5 Å². The van der Waals surface area contributed by atoms with Crippen molar-refractivity contribution in [2.45, 2.75) is 91.9 Å². The first kappa shape index (κ1) is 18.4. The Morgan fingerprint density at radius 3 is 2.14 bits per heavy atom. The van der Waals surface area contributed by atoms with Crippen LogP contribution in [0, 0.1) is 5.92 Å². The van der Waals surface area contributed by atoms with Gasteiger partial charge in [-0.1, -0.05) is 72.4 Å². The van der Waals surface area contributed by atoms with Gasteiger partial charge in [0, 0.05) is 11.7 Å². The summed E-state index contributed by atoms with van der Waals surface area (Å²) in [6.45, 7) is 14.7. The standard InChI is InChI=1S/C19H36BN/c1-7-11-16(4)19-14-10-15-20(17(5)12-8-2)21(19)18(6)13-9-3/h10,14-18H,7-9,11-13H2,1-6H3. The molecule has 3 atom stereocenters. The molecular formula is C19H36BN. The smallest absolute Gasteiger partial charge is 0.284 e. The molecule has 1 heterocycles. The number of nitrogens with zero attached hydrogens (tertiary/aromatic N) is 1. The van der Waals surface area contributed by atoms with Crippen LogP contribution >= 0.6 is 0 Å². The molecule has 1 rings (SSSR count). The van der Waals surface area contributed by atoms with E-state index >= 15 is 0 Å². The fourth-order valence-electron chi connectivity index (χ4n) is 3.81. The molecule has 0 spiro atoms. The maximum absolute atomic E-state index is 2.75. The predicted octanol–water partition coefficient (Wildman–Crippen LogP) is 6.09. The topological polar surface area (TPSA) is 3.24 Å². The summed E-state index contributed by atoms with van der Waals surface area (Å²) in [5, 5.41) is 0. The number of hydrogen-bond donors (Lipinski definition) is 0. The molecule has 1 nitrogen and oxygen atoms in total. The molecule has 0 radical (unpaired) electrons. The highest BCUT2D eigenvalue weighted by molar-refractivity contribution is 6.63. The van der Waals surface area contributed by atoms with Crippen molar-refractivity contribution in [3.8, 4) is 0 Å². The summed E-state index contributed by atoms with van der Waals surface area (Å²) in [7, 11) is 0. The Hall–Kier alpha value is -0.655. The van der Waals surface area contributed by atoms with Crippen LogP contribution in [-0.4, -0.2) is 17.7 Å². The third kappa shape index (κ3) is 4.93. The molecule has 0 aromatic carbocycles. The number of rotatable bonds is 9. The monoisotopic (exact) mass is 289 g/mol. The van der Waals surface area contributed by atoms with E-state index in [0.29, 0.717) is 18.8 Å². The van der Waals surface area contributed by atoms with Gasteiger partial charge in [-0.2, -0.15) is 0 Å². The van der Waals surface area contributed by atoms with Crippen LogP contribution in [0.4, 0.5) is 0 Å². The summed E-state index contributed by atoms with van der Waals surface area (Å²) < 4.78 is 0. The molecule has 2 heteroatoms. The lowest BCUT2D eigenvalue weighted by Crippen LogP contribution is -2.48. The molecule has 0 amide bonds. The minimum absolute atomic E-state index is 0.589. The molecule has 0 bridgehead atoms.